The molecule has 0 unspecified atom stereocenters. The standard InChI is InChI=1S/C15H8N2O2S/c18-17(19)13-6-3-11(4-7-13)1-2-12-5-8-15-14(9-12)16-10-20-15/h3-10H. The van der Waals surface area contributed by atoms with Crippen LogP contribution in [0.4, 0.5) is 5.69 Å². The molecule has 1 heterocycles. The number of nitro groups is 1. The molecule has 4 nitrogen and oxygen atoms in total. The van der Waals surface area contributed by atoms with E-state index in [1.807, 2.05) is 18.2 Å². The van der Waals surface area contributed by atoms with Gasteiger partial charge in [-0.15, -0.1) is 11.3 Å². The van der Waals surface area contributed by atoms with Gasteiger partial charge in [0.1, 0.15) is 0 Å². The molecule has 0 N–H and O–H groups in total. The van der Waals surface area contributed by atoms with Gasteiger partial charge in [-0.3, -0.25) is 10.1 Å². The summed E-state index contributed by atoms with van der Waals surface area (Å²) < 4.78 is 1.13. The molecule has 0 saturated heterocycles. The average Bonchev–Trinajstić information content (AvgIpc) is 2.93. The van der Waals surface area contributed by atoms with Gasteiger partial charge in [0, 0.05) is 23.3 Å². The summed E-state index contributed by atoms with van der Waals surface area (Å²) in [5.74, 6) is 6.02. The second-order valence-electron chi connectivity index (χ2n) is 4.09. The molecule has 5 heteroatoms. The van der Waals surface area contributed by atoms with Crippen LogP contribution in [0.5, 0.6) is 0 Å². The highest BCUT2D eigenvalue weighted by atomic mass is 32.1. The topological polar surface area (TPSA) is 56.0 Å². The van der Waals surface area contributed by atoms with Gasteiger partial charge >= 0.3 is 0 Å². The summed E-state index contributed by atoms with van der Waals surface area (Å²) in [5, 5.41) is 10.6. The van der Waals surface area contributed by atoms with Crippen molar-refractivity contribution in [3.63, 3.8) is 0 Å². The van der Waals surface area contributed by atoms with Crippen molar-refractivity contribution in [3.05, 3.63) is 69.2 Å². The van der Waals surface area contributed by atoms with Crippen molar-refractivity contribution < 1.29 is 4.92 Å². The van der Waals surface area contributed by atoms with Gasteiger partial charge in [0.15, 0.2) is 0 Å². The third kappa shape index (κ3) is 2.51. The number of aromatic nitrogens is 1. The van der Waals surface area contributed by atoms with E-state index in [4.69, 9.17) is 0 Å². The van der Waals surface area contributed by atoms with E-state index >= 15 is 0 Å². The van der Waals surface area contributed by atoms with Crippen LogP contribution in [0.1, 0.15) is 11.1 Å². The number of nitrogens with zero attached hydrogens (tertiary/aromatic N) is 2. The zero-order chi connectivity index (χ0) is 13.9. The number of rotatable bonds is 1. The average molecular weight is 280 g/mol. The molecule has 0 atom stereocenters. The predicted octanol–water partition coefficient (Wildman–Crippen LogP) is 3.60. The lowest BCUT2D eigenvalue weighted by molar-refractivity contribution is -0.384. The van der Waals surface area contributed by atoms with Gasteiger partial charge in [0.05, 0.1) is 20.7 Å². The first-order valence-electron chi connectivity index (χ1n) is 5.82. The van der Waals surface area contributed by atoms with Gasteiger partial charge in [-0.1, -0.05) is 11.8 Å². The Kier molecular flexibility index (Phi) is 3.15. The summed E-state index contributed by atoms with van der Waals surface area (Å²) >= 11 is 1.59. The molecule has 0 saturated carbocycles. The van der Waals surface area contributed by atoms with Crippen molar-refractivity contribution >= 4 is 27.2 Å². The second kappa shape index (κ2) is 5.11. The fraction of sp³-hybridized carbons (Fsp3) is 0. The van der Waals surface area contributed by atoms with Crippen molar-refractivity contribution in [2.45, 2.75) is 0 Å². The first-order chi connectivity index (χ1) is 9.72. The highest BCUT2D eigenvalue weighted by Crippen LogP contribution is 2.18. The lowest BCUT2D eigenvalue weighted by atomic mass is 10.1. The Morgan fingerprint density at radius 1 is 1.05 bits per heavy atom. The Morgan fingerprint density at radius 3 is 2.50 bits per heavy atom. The molecule has 0 bridgehead atoms. The summed E-state index contributed by atoms with van der Waals surface area (Å²) in [7, 11) is 0. The molecule has 0 amide bonds. The number of nitro benzene ring substituents is 1. The number of hydrogen-bond donors (Lipinski definition) is 0. The van der Waals surface area contributed by atoms with Crippen molar-refractivity contribution in [2.75, 3.05) is 0 Å². The van der Waals surface area contributed by atoms with Crippen LogP contribution in [0.2, 0.25) is 0 Å². The summed E-state index contributed by atoms with van der Waals surface area (Å²) in [6, 6.07) is 12.1. The lowest BCUT2D eigenvalue weighted by Gasteiger charge is -1.92. The number of non-ortho nitro benzene ring substituents is 1. The quantitative estimate of drug-likeness (QED) is 0.389. The third-order valence-corrected chi connectivity index (χ3v) is 3.57. The van der Waals surface area contributed by atoms with Crippen LogP contribution in [0.25, 0.3) is 10.2 Å². The fourth-order valence-electron chi connectivity index (χ4n) is 1.75. The Balaban J connectivity index is 1.88. The Morgan fingerprint density at radius 2 is 1.75 bits per heavy atom. The Bertz CT molecular complexity index is 841. The van der Waals surface area contributed by atoms with Gasteiger partial charge in [-0.2, -0.15) is 0 Å². The first kappa shape index (κ1) is 12.3. The first-order valence-corrected chi connectivity index (χ1v) is 6.70. The zero-order valence-corrected chi connectivity index (χ0v) is 11.1. The smallest absolute Gasteiger partial charge is 0.258 e. The molecule has 3 aromatic rings. The summed E-state index contributed by atoms with van der Waals surface area (Å²) in [5.41, 5.74) is 4.43. The molecule has 96 valence electrons. The monoisotopic (exact) mass is 280 g/mol. The molecular formula is C15H8N2O2S. The van der Waals surface area contributed by atoms with E-state index < -0.39 is 4.92 Å². The van der Waals surface area contributed by atoms with Crippen LogP contribution >= 0.6 is 11.3 Å². The maximum atomic E-state index is 10.6. The van der Waals surface area contributed by atoms with E-state index in [1.165, 1.54) is 12.1 Å². The number of hydrogen-bond acceptors (Lipinski definition) is 4. The Labute approximate surface area is 118 Å². The maximum Gasteiger partial charge on any atom is 0.269 e. The minimum Gasteiger partial charge on any atom is -0.258 e. The second-order valence-corrected chi connectivity index (χ2v) is 4.98. The molecule has 2 aromatic carbocycles. The van der Waals surface area contributed by atoms with Gasteiger partial charge in [-0.25, -0.2) is 4.98 Å². The summed E-state index contributed by atoms with van der Waals surface area (Å²) in [4.78, 5) is 14.4. The number of fused-ring (bicyclic) bond motifs is 1. The molecule has 0 aliphatic heterocycles. The molecule has 0 radical (unpaired) electrons. The molecule has 0 fully saturated rings. The van der Waals surface area contributed by atoms with Crippen LogP contribution in [0.3, 0.4) is 0 Å². The largest absolute Gasteiger partial charge is 0.269 e. The van der Waals surface area contributed by atoms with Crippen molar-refractivity contribution in [1.29, 1.82) is 0 Å². The number of benzene rings is 2. The minimum atomic E-state index is -0.423. The van der Waals surface area contributed by atoms with Crippen LogP contribution < -0.4 is 0 Å². The highest BCUT2D eigenvalue weighted by molar-refractivity contribution is 7.16. The van der Waals surface area contributed by atoms with E-state index in [0.717, 1.165) is 21.3 Å². The highest BCUT2D eigenvalue weighted by Gasteiger charge is 2.02. The van der Waals surface area contributed by atoms with Gasteiger partial charge < -0.3 is 0 Å². The van der Waals surface area contributed by atoms with Crippen LogP contribution in [-0.4, -0.2) is 9.91 Å². The minimum absolute atomic E-state index is 0.0689. The molecule has 20 heavy (non-hydrogen) atoms. The van der Waals surface area contributed by atoms with Crippen molar-refractivity contribution in [3.8, 4) is 11.8 Å². The maximum absolute atomic E-state index is 10.6. The third-order valence-electron chi connectivity index (χ3n) is 2.76. The van der Waals surface area contributed by atoms with Crippen LogP contribution in [0, 0.1) is 22.0 Å². The number of thiazole rings is 1. The van der Waals surface area contributed by atoms with Crippen molar-refractivity contribution in [2.24, 2.45) is 0 Å². The van der Waals surface area contributed by atoms with E-state index in [1.54, 1.807) is 29.0 Å². The molecule has 0 spiro atoms. The van der Waals surface area contributed by atoms with Crippen molar-refractivity contribution in [1.82, 2.24) is 4.98 Å². The summed E-state index contributed by atoms with van der Waals surface area (Å²) in [6.07, 6.45) is 0. The van der Waals surface area contributed by atoms with E-state index in [2.05, 4.69) is 16.8 Å². The molecular weight excluding hydrogens is 272 g/mol. The van der Waals surface area contributed by atoms with E-state index in [0.29, 0.717) is 0 Å². The molecule has 0 aliphatic rings. The van der Waals surface area contributed by atoms with E-state index in [9.17, 15) is 10.1 Å². The van der Waals surface area contributed by atoms with Gasteiger partial charge in [-0.05, 0) is 30.3 Å². The molecule has 0 aliphatic carbocycles. The van der Waals surface area contributed by atoms with Gasteiger partial charge in [0.25, 0.3) is 5.69 Å². The molecule has 1 aromatic heterocycles. The SMILES string of the molecule is O=[N+]([O-])c1ccc(C#Cc2ccc3scnc3c2)cc1. The van der Waals surface area contributed by atoms with Crippen LogP contribution in [-0.2, 0) is 0 Å². The lowest BCUT2D eigenvalue weighted by Crippen LogP contribution is -1.86. The fourth-order valence-corrected chi connectivity index (χ4v) is 2.41. The van der Waals surface area contributed by atoms with Gasteiger partial charge in [0.2, 0.25) is 0 Å². The summed E-state index contributed by atoms with van der Waals surface area (Å²) in [6.45, 7) is 0. The van der Waals surface area contributed by atoms with Crippen LogP contribution in [0.15, 0.2) is 48.0 Å². The Hall–Kier alpha value is -2.71. The zero-order valence-electron chi connectivity index (χ0n) is 10.2. The predicted molar refractivity (Wildman–Crippen MR) is 78.7 cm³/mol. The molecule has 3 rings (SSSR count). The normalized spacial score (nSPS) is 10.0. The van der Waals surface area contributed by atoms with E-state index in [-0.39, 0.29) is 5.69 Å².